The van der Waals surface area contributed by atoms with Gasteiger partial charge in [-0.25, -0.2) is 0 Å². The topological polar surface area (TPSA) is 45.7 Å². The summed E-state index contributed by atoms with van der Waals surface area (Å²) < 4.78 is 5.69. The van der Waals surface area contributed by atoms with E-state index in [2.05, 4.69) is 9.88 Å². The SMILES string of the molecule is Cc1cc(Cl)cc2c(N3C[C@@H]4COC[C@H](C3)N(C)C4=O)ccnc12. The molecule has 0 aliphatic carbocycles. The number of anilines is 1. The van der Waals surface area contributed by atoms with Crippen LogP contribution >= 0.6 is 11.6 Å². The van der Waals surface area contributed by atoms with Crippen LogP contribution in [0, 0.1) is 12.8 Å². The number of aromatic nitrogens is 1. The number of halogens is 1. The highest BCUT2D eigenvalue weighted by molar-refractivity contribution is 6.31. The molecule has 6 heteroatoms. The van der Waals surface area contributed by atoms with Gasteiger partial charge in [0.25, 0.3) is 0 Å². The van der Waals surface area contributed by atoms with Gasteiger partial charge in [0, 0.05) is 42.4 Å². The lowest BCUT2D eigenvalue weighted by molar-refractivity contribution is -0.133. The smallest absolute Gasteiger partial charge is 0.229 e. The number of carbonyl (C=O) groups is 1. The lowest BCUT2D eigenvalue weighted by Crippen LogP contribution is -2.43. The second kappa shape index (κ2) is 5.90. The summed E-state index contributed by atoms with van der Waals surface area (Å²) in [6.07, 6.45) is 1.83. The number of ether oxygens (including phenoxy) is 1. The van der Waals surface area contributed by atoms with Crippen LogP contribution in [0.25, 0.3) is 10.9 Å². The van der Waals surface area contributed by atoms with Gasteiger partial charge in [0.1, 0.15) is 0 Å². The highest BCUT2D eigenvalue weighted by Crippen LogP contribution is 2.32. The molecule has 0 unspecified atom stereocenters. The van der Waals surface area contributed by atoms with Crippen molar-refractivity contribution in [2.45, 2.75) is 13.0 Å². The van der Waals surface area contributed by atoms with Crippen molar-refractivity contribution in [2.75, 3.05) is 38.3 Å². The Kier molecular flexibility index (Phi) is 3.85. The molecule has 2 saturated heterocycles. The molecule has 1 aromatic carbocycles. The Morgan fingerprint density at radius 3 is 2.96 bits per heavy atom. The Labute approximate surface area is 146 Å². The maximum atomic E-state index is 12.6. The van der Waals surface area contributed by atoms with E-state index in [1.807, 2.05) is 43.3 Å². The first-order valence-corrected chi connectivity index (χ1v) is 8.56. The minimum Gasteiger partial charge on any atom is -0.378 e. The first kappa shape index (κ1) is 15.7. The second-order valence-electron chi connectivity index (χ2n) is 6.69. The predicted octanol–water partition coefficient (Wildman–Crippen LogP) is 2.49. The van der Waals surface area contributed by atoms with E-state index < -0.39 is 0 Å². The van der Waals surface area contributed by atoms with Crippen molar-refractivity contribution < 1.29 is 9.53 Å². The number of hydrogen-bond donors (Lipinski definition) is 0. The molecular formula is C18H20ClN3O2. The number of fused-ring (bicyclic) bond motifs is 4. The normalized spacial score (nSPS) is 24.4. The van der Waals surface area contributed by atoms with Crippen molar-refractivity contribution in [3.63, 3.8) is 0 Å². The number of amides is 1. The van der Waals surface area contributed by atoms with Crippen LogP contribution in [0.2, 0.25) is 5.02 Å². The van der Waals surface area contributed by atoms with Crippen LogP contribution in [0.4, 0.5) is 5.69 Å². The van der Waals surface area contributed by atoms with Crippen molar-refractivity contribution in [1.82, 2.24) is 9.88 Å². The molecule has 5 nitrogen and oxygen atoms in total. The molecular weight excluding hydrogens is 326 g/mol. The van der Waals surface area contributed by atoms with Crippen molar-refractivity contribution in [3.8, 4) is 0 Å². The lowest BCUT2D eigenvalue weighted by atomic mass is 10.1. The van der Waals surface area contributed by atoms with Crippen molar-refractivity contribution in [3.05, 3.63) is 35.0 Å². The van der Waals surface area contributed by atoms with Gasteiger partial charge in [-0.3, -0.25) is 9.78 Å². The molecule has 0 N–H and O–H groups in total. The first-order chi connectivity index (χ1) is 11.5. The number of hydrogen-bond acceptors (Lipinski definition) is 4. The molecule has 3 heterocycles. The fraction of sp³-hybridized carbons (Fsp3) is 0.444. The van der Waals surface area contributed by atoms with Gasteiger partial charge in [-0.05, 0) is 30.7 Å². The molecule has 1 amide bonds. The zero-order valence-electron chi connectivity index (χ0n) is 13.8. The predicted molar refractivity (Wildman–Crippen MR) is 94.6 cm³/mol. The van der Waals surface area contributed by atoms with Crippen molar-refractivity contribution in [2.24, 2.45) is 5.92 Å². The third kappa shape index (κ3) is 2.52. The Morgan fingerprint density at radius 1 is 1.29 bits per heavy atom. The summed E-state index contributed by atoms with van der Waals surface area (Å²) in [6.45, 7) is 4.50. The molecule has 2 atom stereocenters. The van der Waals surface area contributed by atoms with Gasteiger partial charge < -0.3 is 14.5 Å². The van der Waals surface area contributed by atoms with Crippen LogP contribution < -0.4 is 4.90 Å². The van der Waals surface area contributed by atoms with Crippen molar-refractivity contribution in [1.29, 1.82) is 0 Å². The third-order valence-corrected chi connectivity index (χ3v) is 5.28. The molecule has 1 aromatic heterocycles. The van der Waals surface area contributed by atoms with E-state index in [0.29, 0.717) is 24.8 Å². The van der Waals surface area contributed by atoms with Gasteiger partial charge in [-0.2, -0.15) is 0 Å². The molecule has 2 bridgehead atoms. The molecule has 2 fully saturated rings. The van der Waals surface area contributed by atoms with Crippen LogP contribution in [0.3, 0.4) is 0 Å². The Morgan fingerprint density at radius 2 is 2.12 bits per heavy atom. The van der Waals surface area contributed by atoms with Gasteiger partial charge in [0.15, 0.2) is 0 Å². The Hall–Kier alpha value is -1.85. The summed E-state index contributed by atoms with van der Waals surface area (Å²) in [4.78, 5) is 21.2. The number of benzene rings is 1. The number of rotatable bonds is 1. The summed E-state index contributed by atoms with van der Waals surface area (Å²) in [5.74, 6) is 0.0403. The summed E-state index contributed by atoms with van der Waals surface area (Å²) in [5.41, 5.74) is 3.11. The highest BCUT2D eigenvalue weighted by atomic mass is 35.5. The summed E-state index contributed by atoms with van der Waals surface area (Å²) >= 11 is 6.28. The molecule has 0 spiro atoms. The van der Waals surface area contributed by atoms with E-state index in [1.165, 1.54) is 0 Å². The number of pyridine rings is 1. The van der Waals surface area contributed by atoms with E-state index in [1.54, 1.807) is 0 Å². The van der Waals surface area contributed by atoms with E-state index in [4.69, 9.17) is 16.3 Å². The monoisotopic (exact) mass is 345 g/mol. The molecule has 126 valence electrons. The van der Waals surface area contributed by atoms with Gasteiger partial charge in [0.2, 0.25) is 5.91 Å². The fourth-order valence-corrected chi connectivity index (χ4v) is 4.02. The standard InChI is InChI=1S/C18H20ClN3O2/c1-11-5-13(19)6-15-16(3-4-20-17(11)15)22-7-12-9-24-10-14(8-22)21(2)18(12)23/h3-6,12,14H,7-10H2,1-2H3/t12-,14+/m1/s1. The van der Waals surface area contributed by atoms with Gasteiger partial charge >= 0.3 is 0 Å². The number of carbonyl (C=O) groups excluding carboxylic acids is 1. The number of aryl methyl sites for hydroxylation is 1. The molecule has 24 heavy (non-hydrogen) atoms. The third-order valence-electron chi connectivity index (χ3n) is 5.06. The summed E-state index contributed by atoms with van der Waals surface area (Å²) in [6, 6.07) is 5.98. The minimum absolute atomic E-state index is 0.0634. The Bertz CT molecular complexity index is 810. The average molecular weight is 346 g/mol. The second-order valence-corrected chi connectivity index (χ2v) is 7.13. The van der Waals surface area contributed by atoms with Crippen LogP contribution in [0.5, 0.6) is 0 Å². The number of nitrogens with zero attached hydrogens (tertiary/aromatic N) is 3. The Balaban J connectivity index is 1.82. The lowest BCUT2D eigenvalue weighted by Gasteiger charge is -2.31. The molecule has 0 saturated carbocycles. The fourth-order valence-electron chi connectivity index (χ4n) is 3.75. The molecule has 2 aromatic rings. The maximum absolute atomic E-state index is 12.6. The molecule has 2 aliphatic rings. The van der Waals surface area contributed by atoms with Gasteiger partial charge in [-0.15, -0.1) is 0 Å². The van der Waals surface area contributed by atoms with Crippen molar-refractivity contribution >= 4 is 34.1 Å². The highest BCUT2D eigenvalue weighted by Gasteiger charge is 2.37. The van der Waals surface area contributed by atoms with E-state index >= 15 is 0 Å². The van der Waals surface area contributed by atoms with Gasteiger partial charge in [0.05, 0.1) is 30.7 Å². The zero-order chi connectivity index (χ0) is 16.8. The van der Waals surface area contributed by atoms with E-state index in [-0.39, 0.29) is 17.9 Å². The van der Waals surface area contributed by atoms with E-state index in [0.717, 1.165) is 28.7 Å². The van der Waals surface area contributed by atoms with Crippen LogP contribution in [-0.2, 0) is 9.53 Å². The largest absolute Gasteiger partial charge is 0.378 e. The summed E-state index contributed by atoms with van der Waals surface area (Å²) in [7, 11) is 1.88. The van der Waals surface area contributed by atoms with Crippen LogP contribution in [0.1, 0.15) is 5.56 Å². The maximum Gasteiger partial charge on any atom is 0.229 e. The summed E-state index contributed by atoms with van der Waals surface area (Å²) in [5, 5.41) is 1.75. The zero-order valence-corrected chi connectivity index (χ0v) is 14.6. The average Bonchev–Trinajstić information content (AvgIpc) is 2.72. The molecule has 0 radical (unpaired) electrons. The molecule has 2 aliphatic heterocycles. The first-order valence-electron chi connectivity index (χ1n) is 8.19. The number of likely N-dealkylation sites (N-methyl/N-ethyl adjacent to an activating group) is 1. The van der Waals surface area contributed by atoms with Crippen LogP contribution in [0.15, 0.2) is 24.4 Å². The molecule has 4 rings (SSSR count). The quantitative estimate of drug-likeness (QED) is 0.796. The van der Waals surface area contributed by atoms with Crippen LogP contribution in [-0.4, -0.2) is 55.2 Å². The van der Waals surface area contributed by atoms with Gasteiger partial charge in [-0.1, -0.05) is 11.6 Å². The van der Waals surface area contributed by atoms with E-state index in [9.17, 15) is 4.79 Å². The minimum atomic E-state index is -0.133.